The minimum Gasteiger partial charge on any atom is -0.378 e. The largest absolute Gasteiger partial charge is 0.416 e. The van der Waals surface area contributed by atoms with E-state index in [1.165, 1.54) is 13.0 Å². The van der Waals surface area contributed by atoms with Gasteiger partial charge in [-0.15, -0.1) is 0 Å². The van der Waals surface area contributed by atoms with E-state index in [9.17, 15) is 18.0 Å². The van der Waals surface area contributed by atoms with Gasteiger partial charge in [0.15, 0.2) is 0 Å². The smallest absolute Gasteiger partial charge is 0.378 e. The number of hydrogen-bond donors (Lipinski definition) is 3. The van der Waals surface area contributed by atoms with Crippen molar-refractivity contribution in [3.05, 3.63) is 65.2 Å². The molecule has 7 heteroatoms. The van der Waals surface area contributed by atoms with E-state index in [0.29, 0.717) is 13.1 Å². The Labute approximate surface area is 174 Å². The molecule has 4 atom stereocenters. The molecule has 0 bridgehead atoms. The molecule has 3 N–H and O–H groups in total. The van der Waals surface area contributed by atoms with Crippen molar-refractivity contribution in [3.63, 3.8) is 0 Å². The van der Waals surface area contributed by atoms with Gasteiger partial charge in [-0.1, -0.05) is 30.3 Å². The molecule has 4 rings (SSSR count). The minimum atomic E-state index is -4.35. The predicted octanol–water partition coefficient (Wildman–Crippen LogP) is 4.46. The first-order valence-electron chi connectivity index (χ1n) is 10.3. The van der Waals surface area contributed by atoms with Gasteiger partial charge in [-0.05, 0) is 54.0 Å². The standard InChI is InChI=1S/C23H26F3N3O/c1-14(30)27-9-10-28-17-12-18-19-11-16(23(24,25)26)7-8-21(19)29-22(20(18)13-17)15-5-3-2-4-6-15/h2-8,11,17-18,20,22,28-29H,9-10,12-13H2,1H3,(H,27,30)/t17-,18+,20?,22-/m0/s1. The van der Waals surface area contributed by atoms with Crippen LogP contribution in [-0.4, -0.2) is 25.0 Å². The zero-order valence-electron chi connectivity index (χ0n) is 16.8. The molecular formula is C23H26F3N3O. The van der Waals surface area contributed by atoms with Gasteiger partial charge in [0.1, 0.15) is 0 Å². The lowest BCUT2D eigenvalue weighted by atomic mass is 9.77. The van der Waals surface area contributed by atoms with Crippen LogP contribution in [0.1, 0.15) is 48.4 Å². The van der Waals surface area contributed by atoms with Crippen LogP contribution in [0.2, 0.25) is 0 Å². The summed E-state index contributed by atoms with van der Waals surface area (Å²) in [4.78, 5) is 11.1. The average Bonchev–Trinajstić information content (AvgIpc) is 3.14. The molecule has 0 spiro atoms. The fourth-order valence-electron chi connectivity index (χ4n) is 4.92. The Kier molecular flexibility index (Phi) is 5.73. The zero-order valence-corrected chi connectivity index (χ0v) is 16.8. The molecule has 30 heavy (non-hydrogen) atoms. The Morgan fingerprint density at radius 1 is 1.10 bits per heavy atom. The number of nitrogens with one attached hydrogen (secondary N) is 3. The normalized spacial score (nSPS) is 25.2. The summed E-state index contributed by atoms with van der Waals surface area (Å²) in [6, 6.07) is 14.4. The molecule has 2 aromatic rings. The molecule has 4 nitrogen and oxygen atoms in total. The third kappa shape index (κ3) is 4.31. The summed E-state index contributed by atoms with van der Waals surface area (Å²) in [5.74, 6) is 0.174. The maximum absolute atomic E-state index is 13.3. The lowest BCUT2D eigenvalue weighted by Crippen LogP contribution is -2.35. The van der Waals surface area contributed by atoms with Crippen LogP contribution >= 0.6 is 0 Å². The molecule has 2 aromatic carbocycles. The molecular weight excluding hydrogens is 391 g/mol. The first-order chi connectivity index (χ1) is 14.3. The van der Waals surface area contributed by atoms with Crippen LogP contribution in [-0.2, 0) is 11.0 Å². The molecule has 1 heterocycles. The van der Waals surface area contributed by atoms with Crippen LogP contribution in [0.4, 0.5) is 18.9 Å². The monoisotopic (exact) mass is 417 g/mol. The first kappa shape index (κ1) is 20.7. The molecule has 0 saturated heterocycles. The highest BCUT2D eigenvalue weighted by Gasteiger charge is 2.45. The van der Waals surface area contributed by atoms with Gasteiger partial charge in [-0.2, -0.15) is 13.2 Å². The van der Waals surface area contributed by atoms with Crippen molar-refractivity contribution in [3.8, 4) is 0 Å². The van der Waals surface area contributed by atoms with Gasteiger partial charge in [0.2, 0.25) is 5.91 Å². The van der Waals surface area contributed by atoms with Gasteiger partial charge in [0.25, 0.3) is 0 Å². The average molecular weight is 417 g/mol. The Morgan fingerprint density at radius 2 is 1.87 bits per heavy atom. The van der Waals surface area contributed by atoms with E-state index in [4.69, 9.17) is 0 Å². The highest BCUT2D eigenvalue weighted by atomic mass is 19.4. The van der Waals surface area contributed by atoms with Crippen LogP contribution < -0.4 is 16.0 Å². The van der Waals surface area contributed by atoms with Crippen molar-refractivity contribution >= 4 is 11.6 Å². The molecule has 1 amide bonds. The third-order valence-electron chi connectivity index (χ3n) is 6.22. The van der Waals surface area contributed by atoms with Crippen molar-refractivity contribution in [1.82, 2.24) is 10.6 Å². The molecule has 1 saturated carbocycles. The molecule has 1 unspecified atom stereocenters. The zero-order chi connectivity index (χ0) is 21.3. The van der Waals surface area contributed by atoms with Crippen LogP contribution in [0, 0.1) is 5.92 Å². The van der Waals surface area contributed by atoms with Crippen molar-refractivity contribution in [2.45, 2.75) is 43.9 Å². The number of benzene rings is 2. The maximum atomic E-state index is 13.3. The quantitative estimate of drug-likeness (QED) is 0.630. The second-order valence-electron chi connectivity index (χ2n) is 8.21. The fourth-order valence-corrected chi connectivity index (χ4v) is 4.92. The molecule has 160 valence electrons. The summed E-state index contributed by atoms with van der Waals surface area (Å²) < 4.78 is 40.0. The Balaban J connectivity index is 1.60. The molecule has 1 aliphatic carbocycles. The lowest BCUT2D eigenvalue weighted by molar-refractivity contribution is -0.137. The predicted molar refractivity (Wildman–Crippen MR) is 110 cm³/mol. The number of amides is 1. The van der Waals surface area contributed by atoms with Crippen molar-refractivity contribution in [1.29, 1.82) is 0 Å². The number of halogens is 3. The number of rotatable bonds is 5. The number of hydrogen-bond acceptors (Lipinski definition) is 3. The van der Waals surface area contributed by atoms with Crippen molar-refractivity contribution < 1.29 is 18.0 Å². The maximum Gasteiger partial charge on any atom is 0.416 e. The minimum absolute atomic E-state index is 0.0482. The van der Waals surface area contributed by atoms with E-state index in [-0.39, 0.29) is 29.8 Å². The molecule has 1 aliphatic heterocycles. The third-order valence-corrected chi connectivity index (χ3v) is 6.22. The van der Waals surface area contributed by atoms with Gasteiger partial charge >= 0.3 is 6.18 Å². The SMILES string of the molecule is CC(=O)NCCN[C@@H]1CC2[C@H](C1)c1cc(C(F)(F)F)ccc1N[C@H]2c1ccccc1. The van der Waals surface area contributed by atoms with Crippen LogP contribution in [0.3, 0.4) is 0 Å². The molecule has 0 aromatic heterocycles. The summed E-state index contributed by atoms with van der Waals surface area (Å²) in [6.45, 7) is 2.66. The van der Waals surface area contributed by atoms with E-state index >= 15 is 0 Å². The fraction of sp³-hybridized carbons (Fsp3) is 0.435. The number of carbonyl (C=O) groups is 1. The van der Waals surface area contributed by atoms with Crippen LogP contribution in [0.15, 0.2) is 48.5 Å². The van der Waals surface area contributed by atoms with E-state index in [1.54, 1.807) is 6.07 Å². The Morgan fingerprint density at radius 3 is 2.57 bits per heavy atom. The number of anilines is 1. The highest BCUT2D eigenvalue weighted by Crippen LogP contribution is 2.53. The highest BCUT2D eigenvalue weighted by molar-refractivity contribution is 5.72. The number of alkyl halides is 3. The topological polar surface area (TPSA) is 53.2 Å². The first-order valence-corrected chi connectivity index (χ1v) is 10.3. The number of carbonyl (C=O) groups excluding carboxylic acids is 1. The summed E-state index contributed by atoms with van der Waals surface area (Å²) in [5, 5.41) is 9.76. The van der Waals surface area contributed by atoms with Gasteiger partial charge in [0.05, 0.1) is 11.6 Å². The molecule has 2 aliphatic rings. The second kappa shape index (κ2) is 8.30. The summed E-state index contributed by atoms with van der Waals surface area (Å²) >= 11 is 0. The van der Waals surface area contributed by atoms with Crippen LogP contribution in [0.5, 0.6) is 0 Å². The van der Waals surface area contributed by atoms with E-state index < -0.39 is 11.7 Å². The lowest BCUT2D eigenvalue weighted by Gasteiger charge is -2.38. The summed E-state index contributed by atoms with van der Waals surface area (Å²) in [5.41, 5.74) is 2.10. The molecule has 0 radical (unpaired) electrons. The van der Waals surface area contributed by atoms with Gasteiger partial charge in [-0.3, -0.25) is 4.79 Å². The van der Waals surface area contributed by atoms with Crippen molar-refractivity contribution in [2.75, 3.05) is 18.4 Å². The van der Waals surface area contributed by atoms with E-state index in [0.717, 1.165) is 35.7 Å². The summed E-state index contributed by atoms with van der Waals surface area (Å²) in [7, 11) is 0. The van der Waals surface area contributed by atoms with Gasteiger partial charge in [-0.25, -0.2) is 0 Å². The van der Waals surface area contributed by atoms with Gasteiger partial charge in [0, 0.05) is 31.7 Å². The number of fused-ring (bicyclic) bond motifs is 3. The van der Waals surface area contributed by atoms with Crippen LogP contribution in [0.25, 0.3) is 0 Å². The van der Waals surface area contributed by atoms with E-state index in [1.807, 2.05) is 18.2 Å². The summed E-state index contributed by atoms with van der Waals surface area (Å²) in [6.07, 6.45) is -2.70. The Bertz CT molecular complexity index is 900. The Hall–Kier alpha value is -2.54. The van der Waals surface area contributed by atoms with E-state index in [2.05, 4.69) is 28.1 Å². The second-order valence-corrected chi connectivity index (χ2v) is 8.21. The van der Waals surface area contributed by atoms with Crippen molar-refractivity contribution in [2.24, 2.45) is 5.92 Å². The molecule has 1 fully saturated rings. The van der Waals surface area contributed by atoms with Gasteiger partial charge < -0.3 is 16.0 Å².